The van der Waals surface area contributed by atoms with Gasteiger partial charge in [-0.1, -0.05) is 19.4 Å². The van der Waals surface area contributed by atoms with Gasteiger partial charge in [0.15, 0.2) is 0 Å². The fraction of sp³-hybridized carbons (Fsp3) is 0.529. The van der Waals surface area contributed by atoms with Gasteiger partial charge in [-0.2, -0.15) is 4.31 Å². The number of halogens is 1. The molecule has 1 aromatic carbocycles. The maximum absolute atomic E-state index is 13.9. The molecule has 1 fully saturated rings. The number of carbonyl (C=O) groups excluding carboxylic acids is 1. The highest BCUT2D eigenvalue weighted by Crippen LogP contribution is 2.24. The van der Waals surface area contributed by atoms with Gasteiger partial charge in [0.2, 0.25) is 15.9 Å². The molecule has 1 aliphatic rings. The molecular weight excluding hydrogens is 363 g/mol. The van der Waals surface area contributed by atoms with Gasteiger partial charge >= 0.3 is 5.97 Å². The monoisotopic (exact) mass is 386 g/mol. The Balaban J connectivity index is 2.09. The Bertz CT molecular complexity index is 781. The lowest BCUT2D eigenvalue weighted by molar-refractivity contribution is -0.136. The third-order valence-electron chi connectivity index (χ3n) is 4.28. The Kier molecular flexibility index (Phi) is 6.71. The van der Waals surface area contributed by atoms with Crippen LogP contribution in [0.3, 0.4) is 0 Å². The Morgan fingerprint density at radius 2 is 2.12 bits per heavy atom. The van der Waals surface area contributed by atoms with E-state index >= 15 is 0 Å². The van der Waals surface area contributed by atoms with Gasteiger partial charge in [-0.05, 0) is 37.0 Å². The summed E-state index contributed by atoms with van der Waals surface area (Å²) >= 11 is 0. The van der Waals surface area contributed by atoms with E-state index in [1.54, 1.807) is 0 Å². The molecule has 2 rings (SSSR count). The molecule has 0 spiro atoms. The molecule has 0 aromatic heterocycles. The van der Waals surface area contributed by atoms with Crippen molar-refractivity contribution in [1.82, 2.24) is 4.31 Å². The lowest BCUT2D eigenvalue weighted by Gasteiger charge is -2.23. The van der Waals surface area contributed by atoms with Gasteiger partial charge in [-0.15, -0.1) is 0 Å². The highest BCUT2D eigenvalue weighted by Gasteiger charge is 2.38. The SMILES string of the molecule is CCCCS(=O)(=O)N1CCCC1C(=O)Nc1ccc(CC(=O)O)c(F)c1. The minimum atomic E-state index is -3.50. The molecule has 1 heterocycles. The molecule has 1 saturated heterocycles. The number of nitrogens with zero attached hydrogens (tertiary/aromatic N) is 1. The Morgan fingerprint density at radius 3 is 2.73 bits per heavy atom. The first-order chi connectivity index (χ1) is 12.2. The molecule has 7 nitrogen and oxygen atoms in total. The molecule has 0 saturated carbocycles. The van der Waals surface area contributed by atoms with Crippen LogP contribution >= 0.6 is 0 Å². The zero-order valence-electron chi connectivity index (χ0n) is 14.6. The number of nitrogens with one attached hydrogen (secondary N) is 1. The average Bonchev–Trinajstić information content (AvgIpc) is 3.06. The first-order valence-electron chi connectivity index (χ1n) is 8.55. The summed E-state index contributed by atoms with van der Waals surface area (Å²) in [5.74, 6) is -2.39. The van der Waals surface area contributed by atoms with Gasteiger partial charge in [0.1, 0.15) is 11.9 Å². The average molecular weight is 386 g/mol. The van der Waals surface area contributed by atoms with Gasteiger partial charge in [0.25, 0.3) is 0 Å². The number of rotatable bonds is 8. The summed E-state index contributed by atoms with van der Waals surface area (Å²) in [6, 6.07) is 2.94. The van der Waals surface area contributed by atoms with Crippen LogP contribution in [0.15, 0.2) is 18.2 Å². The molecule has 1 aromatic rings. The number of carbonyl (C=O) groups is 2. The Hall–Kier alpha value is -2.00. The molecule has 1 unspecified atom stereocenters. The molecular formula is C17H23FN2O5S. The number of sulfonamides is 1. The molecule has 0 radical (unpaired) electrons. The molecule has 26 heavy (non-hydrogen) atoms. The van der Waals surface area contributed by atoms with Crippen molar-refractivity contribution in [2.45, 2.75) is 45.1 Å². The Morgan fingerprint density at radius 1 is 1.38 bits per heavy atom. The van der Waals surface area contributed by atoms with E-state index in [4.69, 9.17) is 5.11 Å². The van der Waals surface area contributed by atoms with Gasteiger partial charge in [-0.25, -0.2) is 12.8 Å². The third-order valence-corrected chi connectivity index (χ3v) is 6.24. The number of carboxylic acid groups (broad SMARTS) is 1. The van der Waals surface area contributed by atoms with Crippen LogP contribution in [-0.2, 0) is 26.0 Å². The van der Waals surface area contributed by atoms with Crippen LogP contribution in [0.1, 0.15) is 38.2 Å². The third kappa shape index (κ3) is 5.01. The maximum Gasteiger partial charge on any atom is 0.307 e. The van der Waals surface area contributed by atoms with Crippen LogP contribution < -0.4 is 5.32 Å². The van der Waals surface area contributed by atoms with E-state index in [-0.39, 0.29) is 17.0 Å². The molecule has 9 heteroatoms. The maximum atomic E-state index is 13.9. The van der Waals surface area contributed by atoms with Crippen molar-refractivity contribution in [3.63, 3.8) is 0 Å². The van der Waals surface area contributed by atoms with Gasteiger partial charge in [0.05, 0.1) is 12.2 Å². The predicted octanol–water partition coefficient (Wildman–Crippen LogP) is 1.99. The van der Waals surface area contributed by atoms with Gasteiger partial charge in [0, 0.05) is 12.2 Å². The fourth-order valence-electron chi connectivity index (χ4n) is 2.94. The van der Waals surface area contributed by atoms with E-state index in [0.717, 1.165) is 12.5 Å². The van der Waals surface area contributed by atoms with Crippen LogP contribution in [0, 0.1) is 5.82 Å². The van der Waals surface area contributed by atoms with Crippen LogP contribution in [0.2, 0.25) is 0 Å². The van der Waals surface area contributed by atoms with E-state index < -0.39 is 40.2 Å². The van der Waals surface area contributed by atoms with Crippen LogP contribution in [0.4, 0.5) is 10.1 Å². The highest BCUT2D eigenvalue weighted by molar-refractivity contribution is 7.89. The second-order valence-corrected chi connectivity index (χ2v) is 8.35. The van der Waals surface area contributed by atoms with Crippen molar-refractivity contribution < 1.29 is 27.5 Å². The first-order valence-corrected chi connectivity index (χ1v) is 10.2. The number of aliphatic carboxylic acids is 1. The molecule has 2 N–H and O–H groups in total. The van der Waals surface area contributed by atoms with Crippen molar-refractivity contribution in [1.29, 1.82) is 0 Å². The van der Waals surface area contributed by atoms with Crippen LogP contribution in [-0.4, -0.2) is 48.0 Å². The molecule has 1 amide bonds. The molecule has 0 aliphatic carbocycles. The van der Waals surface area contributed by atoms with E-state index in [0.29, 0.717) is 25.8 Å². The number of amides is 1. The van der Waals surface area contributed by atoms with E-state index in [9.17, 15) is 22.4 Å². The second kappa shape index (κ2) is 8.59. The molecule has 144 valence electrons. The lowest BCUT2D eigenvalue weighted by atomic mass is 10.1. The van der Waals surface area contributed by atoms with Crippen molar-refractivity contribution >= 4 is 27.6 Å². The van der Waals surface area contributed by atoms with Crippen LogP contribution in [0.5, 0.6) is 0 Å². The fourth-order valence-corrected chi connectivity index (χ4v) is 4.82. The number of benzene rings is 1. The zero-order valence-corrected chi connectivity index (χ0v) is 15.4. The molecule has 1 aliphatic heterocycles. The minimum Gasteiger partial charge on any atom is -0.481 e. The summed E-state index contributed by atoms with van der Waals surface area (Å²) in [6.07, 6.45) is 1.83. The quantitative estimate of drug-likeness (QED) is 0.711. The van der Waals surface area contributed by atoms with Crippen molar-refractivity contribution in [3.8, 4) is 0 Å². The first kappa shape index (κ1) is 20.3. The van der Waals surface area contributed by atoms with Crippen molar-refractivity contribution in [3.05, 3.63) is 29.6 Å². The highest BCUT2D eigenvalue weighted by atomic mass is 32.2. The number of hydrogen-bond donors (Lipinski definition) is 2. The van der Waals surface area contributed by atoms with E-state index in [2.05, 4.69) is 5.32 Å². The summed E-state index contributed by atoms with van der Waals surface area (Å²) in [5, 5.41) is 11.2. The van der Waals surface area contributed by atoms with Crippen LogP contribution in [0.25, 0.3) is 0 Å². The molecule has 1 atom stereocenters. The Labute approximate surface area is 152 Å². The minimum absolute atomic E-state index is 0.00575. The van der Waals surface area contributed by atoms with Crippen molar-refractivity contribution in [2.24, 2.45) is 0 Å². The normalized spacial score (nSPS) is 18.0. The predicted molar refractivity (Wildman–Crippen MR) is 94.8 cm³/mol. The standard InChI is InChI=1S/C17H23FN2O5S/c1-2-3-9-26(24,25)20-8-4-5-15(20)17(23)19-13-7-6-12(10-16(21)22)14(18)11-13/h6-7,11,15H,2-5,8-10H2,1H3,(H,19,23)(H,21,22). The largest absolute Gasteiger partial charge is 0.481 e. The summed E-state index contributed by atoms with van der Waals surface area (Å²) in [7, 11) is -3.50. The van der Waals surface area contributed by atoms with Gasteiger partial charge in [-0.3, -0.25) is 9.59 Å². The smallest absolute Gasteiger partial charge is 0.307 e. The number of anilines is 1. The van der Waals surface area contributed by atoms with Crippen molar-refractivity contribution in [2.75, 3.05) is 17.6 Å². The topological polar surface area (TPSA) is 104 Å². The number of hydrogen-bond acceptors (Lipinski definition) is 4. The summed E-state index contributed by atoms with van der Waals surface area (Å²) in [4.78, 5) is 23.1. The summed E-state index contributed by atoms with van der Waals surface area (Å²) < 4.78 is 39.9. The van der Waals surface area contributed by atoms with E-state index in [1.807, 2.05) is 6.92 Å². The molecule has 0 bridgehead atoms. The second-order valence-electron chi connectivity index (χ2n) is 6.30. The zero-order chi connectivity index (χ0) is 19.3. The number of carboxylic acids is 1. The summed E-state index contributed by atoms with van der Waals surface area (Å²) in [5.41, 5.74) is 0.180. The number of unbranched alkanes of at least 4 members (excludes halogenated alkanes) is 1. The van der Waals surface area contributed by atoms with Gasteiger partial charge < -0.3 is 10.4 Å². The summed E-state index contributed by atoms with van der Waals surface area (Å²) in [6.45, 7) is 2.20. The lowest BCUT2D eigenvalue weighted by Crippen LogP contribution is -2.44. The van der Waals surface area contributed by atoms with E-state index in [1.165, 1.54) is 16.4 Å².